The van der Waals surface area contributed by atoms with E-state index in [4.69, 9.17) is 0 Å². The van der Waals surface area contributed by atoms with E-state index in [1.165, 1.54) is 32.9 Å². The largest absolute Gasteiger partial charge is 0.138 e. The zero-order valence-corrected chi connectivity index (χ0v) is 9.00. The molecule has 0 spiro atoms. The lowest BCUT2D eigenvalue weighted by Crippen LogP contribution is -2.55. The summed E-state index contributed by atoms with van der Waals surface area (Å²) in [6.07, 6.45) is 0. The van der Waals surface area contributed by atoms with Crippen LogP contribution in [-0.2, 0) is 0 Å². The molecule has 12 heavy (non-hydrogen) atoms. The van der Waals surface area contributed by atoms with E-state index >= 15 is 0 Å². The minimum Gasteiger partial charge on any atom is -0.102 e. The standard InChI is InChI=1S/C7H13B5/c1-2-3(8)5(10)7(12)6(11)4(2)9/h8-12H2,1H3. The van der Waals surface area contributed by atoms with Crippen molar-refractivity contribution >= 4 is 66.5 Å². The maximum Gasteiger partial charge on any atom is 0.138 e. The van der Waals surface area contributed by atoms with Crippen LogP contribution in [-0.4, -0.2) is 39.2 Å². The molecule has 0 unspecified atom stereocenters. The Morgan fingerprint density at radius 2 is 0.833 bits per heavy atom. The molecule has 0 fully saturated rings. The fraction of sp³-hybridized carbons (Fsp3) is 0.143. The first-order valence-electron chi connectivity index (χ1n) is 4.50. The smallest absolute Gasteiger partial charge is 0.102 e. The van der Waals surface area contributed by atoms with E-state index in [0.717, 1.165) is 0 Å². The summed E-state index contributed by atoms with van der Waals surface area (Å²) in [5, 5.41) is 0. The van der Waals surface area contributed by atoms with Crippen LogP contribution in [0.1, 0.15) is 5.56 Å². The summed E-state index contributed by atoms with van der Waals surface area (Å²) in [5.74, 6) is 0. The highest BCUT2D eigenvalue weighted by Crippen LogP contribution is 1.78. The molecular formula is C7H13B5. The molecule has 0 aliphatic heterocycles. The molecule has 0 aliphatic carbocycles. The van der Waals surface area contributed by atoms with E-state index in [9.17, 15) is 0 Å². The normalized spacial score (nSPS) is 10.1. The highest BCUT2D eigenvalue weighted by atomic mass is 14.0. The maximum absolute atomic E-state index is 2.21. The molecule has 0 amide bonds. The summed E-state index contributed by atoms with van der Waals surface area (Å²) < 4.78 is 0. The van der Waals surface area contributed by atoms with Crippen LogP contribution in [0.2, 0.25) is 0 Å². The summed E-state index contributed by atoms with van der Waals surface area (Å²) in [7, 11) is 11.1. The van der Waals surface area contributed by atoms with Gasteiger partial charge in [0.1, 0.15) is 39.2 Å². The van der Waals surface area contributed by atoms with Gasteiger partial charge in [-0.3, -0.25) is 0 Å². The second-order valence-electron chi connectivity index (χ2n) is 3.75. The second-order valence-corrected chi connectivity index (χ2v) is 3.75. The average molecular weight is 151 g/mol. The van der Waals surface area contributed by atoms with Crippen molar-refractivity contribution in [3.63, 3.8) is 0 Å². The van der Waals surface area contributed by atoms with Crippen molar-refractivity contribution in [3.8, 4) is 0 Å². The Kier molecular flexibility index (Phi) is 2.50. The van der Waals surface area contributed by atoms with Crippen LogP contribution in [0.3, 0.4) is 0 Å². The predicted octanol–water partition coefficient (Wildman–Crippen LogP) is -6.71. The molecule has 1 aromatic carbocycles. The fourth-order valence-electron chi connectivity index (χ4n) is 1.69. The van der Waals surface area contributed by atoms with Gasteiger partial charge in [0.15, 0.2) is 0 Å². The molecule has 0 aromatic heterocycles. The SMILES string of the molecule is Bc1c(B)c(B)c(C)c(B)c1B. The Morgan fingerprint density at radius 3 is 1.17 bits per heavy atom. The van der Waals surface area contributed by atoms with Crippen molar-refractivity contribution in [2.45, 2.75) is 6.92 Å². The Hall–Kier alpha value is -0.455. The summed E-state index contributed by atoms with van der Waals surface area (Å²) in [6.45, 7) is 2.21. The van der Waals surface area contributed by atoms with Crippen molar-refractivity contribution < 1.29 is 0 Å². The molecule has 0 atom stereocenters. The van der Waals surface area contributed by atoms with Gasteiger partial charge in [0.2, 0.25) is 0 Å². The van der Waals surface area contributed by atoms with Gasteiger partial charge in [-0.15, -0.1) is 16.4 Å². The summed E-state index contributed by atoms with van der Waals surface area (Å²) >= 11 is 0. The molecular weight excluding hydrogens is 138 g/mol. The van der Waals surface area contributed by atoms with Gasteiger partial charge in [-0.05, 0) is 6.92 Å². The first-order chi connectivity index (χ1) is 5.46. The van der Waals surface area contributed by atoms with E-state index in [1.54, 1.807) is 0 Å². The number of benzene rings is 1. The fourth-order valence-corrected chi connectivity index (χ4v) is 1.69. The van der Waals surface area contributed by atoms with Crippen molar-refractivity contribution in [1.29, 1.82) is 0 Å². The predicted molar refractivity (Wildman–Crippen MR) is 72.1 cm³/mol. The van der Waals surface area contributed by atoms with Gasteiger partial charge in [-0.2, -0.15) is 0 Å². The first-order valence-corrected chi connectivity index (χ1v) is 4.50. The highest BCUT2D eigenvalue weighted by Gasteiger charge is 2.06. The zero-order chi connectivity index (χ0) is 9.46. The molecule has 0 aliphatic rings. The van der Waals surface area contributed by atoms with E-state index in [-0.39, 0.29) is 0 Å². The minimum atomic E-state index is 1.45. The number of hydrogen-bond acceptors (Lipinski definition) is 0. The van der Waals surface area contributed by atoms with Gasteiger partial charge in [0, 0.05) is 0 Å². The number of rotatable bonds is 0. The number of hydrogen-bond donors (Lipinski definition) is 0. The van der Waals surface area contributed by atoms with Crippen LogP contribution >= 0.6 is 0 Å². The van der Waals surface area contributed by atoms with E-state index < -0.39 is 0 Å². The lowest BCUT2D eigenvalue weighted by molar-refractivity contribution is 1.60. The average Bonchev–Trinajstić information content (AvgIpc) is 2.08. The third-order valence-electron chi connectivity index (χ3n) is 3.38. The van der Waals surface area contributed by atoms with Gasteiger partial charge >= 0.3 is 0 Å². The molecule has 0 heterocycles. The zero-order valence-electron chi connectivity index (χ0n) is 9.00. The maximum atomic E-state index is 2.21. The highest BCUT2D eigenvalue weighted by molar-refractivity contribution is 6.67. The van der Waals surface area contributed by atoms with Crippen molar-refractivity contribution in [3.05, 3.63) is 5.56 Å². The molecule has 1 aromatic rings. The summed E-state index contributed by atoms with van der Waals surface area (Å²) in [5.41, 5.74) is 8.73. The van der Waals surface area contributed by atoms with Gasteiger partial charge < -0.3 is 0 Å². The molecule has 0 nitrogen and oxygen atoms in total. The molecule has 0 radical (unpaired) electrons. The molecule has 56 valence electrons. The van der Waals surface area contributed by atoms with Crippen LogP contribution in [0.15, 0.2) is 0 Å². The molecule has 5 heteroatoms. The Balaban J connectivity index is 3.60. The lowest BCUT2D eigenvalue weighted by atomic mass is 9.61. The van der Waals surface area contributed by atoms with Crippen molar-refractivity contribution in [2.24, 2.45) is 0 Å². The van der Waals surface area contributed by atoms with E-state index in [0.29, 0.717) is 0 Å². The molecule has 0 saturated heterocycles. The van der Waals surface area contributed by atoms with Crippen molar-refractivity contribution in [2.75, 3.05) is 0 Å². The summed E-state index contributed by atoms with van der Waals surface area (Å²) in [4.78, 5) is 0. The van der Waals surface area contributed by atoms with Crippen LogP contribution < -0.4 is 27.3 Å². The van der Waals surface area contributed by atoms with E-state index in [1.807, 2.05) is 0 Å². The van der Waals surface area contributed by atoms with Gasteiger partial charge in [0.05, 0.1) is 0 Å². The van der Waals surface area contributed by atoms with Gasteiger partial charge in [0.25, 0.3) is 0 Å². The van der Waals surface area contributed by atoms with Crippen LogP contribution in [0, 0.1) is 6.92 Å². The Bertz CT molecular complexity index is 226. The molecule has 0 bridgehead atoms. The lowest BCUT2D eigenvalue weighted by Gasteiger charge is -2.16. The second kappa shape index (κ2) is 3.12. The first kappa shape index (κ1) is 9.63. The third kappa shape index (κ3) is 1.26. The summed E-state index contributed by atoms with van der Waals surface area (Å²) in [6, 6.07) is 0. The molecule has 0 saturated carbocycles. The van der Waals surface area contributed by atoms with Crippen LogP contribution in [0.5, 0.6) is 0 Å². The van der Waals surface area contributed by atoms with Crippen LogP contribution in [0.4, 0.5) is 0 Å². The van der Waals surface area contributed by atoms with Crippen molar-refractivity contribution in [1.82, 2.24) is 0 Å². The Morgan fingerprint density at radius 1 is 0.583 bits per heavy atom. The third-order valence-corrected chi connectivity index (χ3v) is 3.38. The topological polar surface area (TPSA) is 0 Å². The molecule has 1 rings (SSSR count). The minimum absolute atomic E-state index is 1.45. The quantitative estimate of drug-likeness (QED) is 0.323. The van der Waals surface area contributed by atoms with Gasteiger partial charge in [-0.1, -0.05) is 16.5 Å². The van der Waals surface area contributed by atoms with Crippen LogP contribution in [0.25, 0.3) is 0 Å². The van der Waals surface area contributed by atoms with Gasteiger partial charge in [-0.25, -0.2) is 0 Å². The Labute approximate surface area is 79.6 Å². The monoisotopic (exact) mass is 152 g/mol. The van der Waals surface area contributed by atoms with E-state index in [2.05, 4.69) is 46.2 Å². The molecule has 0 N–H and O–H groups in total.